The first-order chi connectivity index (χ1) is 10.6. The zero-order valence-corrected chi connectivity index (χ0v) is 12.8. The van der Waals surface area contributed by atoms with E-state index < -0.39 is 0 Å². The largest absolute Gasteiger partial charge is 0.348 e. The van der Waals surface area contributed by atoms with Gasteiger partial charge in [-0.05, 0) is 23.6 Å². The molecule has 0 unspecified atom stereocenters. The van der Waals surface area contributed by atoms with Gasteiger partial charge < -0.3 is 10.6 Å². The maximum Gasteiger partial charge on any atom is 0.254 e. The Labute approximate surface area is 130 Å². The first kappa shape index (κ1) is 15.7. The van der Waals surface area contributed by atoms with Crippen molar-refractivity contribution in [2.45, 2.75) is 19.8 Å². The minimum Gasteiger partial charge on any atom is -0.348 e. The van der Waals surface area contributed by atoms with Gasteiger partial charge in [-0.15, -0.1) is 6.58 Å². The van der Waals surface area contributed by atoms with Crippen molar-refractivity contribution in [2.24, 2.45) is 0 Å². The van der Waals surface area contributed by atoms with Gasteiger partial charge in [-0.3, -0.25) is 4.79 Å². The number of amides is 1. The van der Waals surface area contributed by atoms with E-state index in [1.54, 1.807) is 6.08 Å². The highest BCUT2D eigenvalue weighted by Crippen LogP contribution is 2.18. The number of nitrogens with one attached hydrogen (secondary N) is 2. The van der Waals surface area contributed by atoms with E-state index in [-0.39, 0.29) is 5.91 Å². The second-order valence-corrected chi connectivity index (χ2v) is 5.20. The molecular weight excluding hydrogens is 276 g/mol. The summed E-state index contributed by atoms with van der Waals surface area (Å²) in [5.74, 6) is 0.740. The van der Waals surface area contributed by atoms with Crippen molar-refractivity contribution in [3.05, 3.63) is 60.4 Å². The van der Waals surface area contributed by atoms with Gasteiger partial charge in [0.15, 0.2) is 0 Å². The number of hydrogen-bond donors (Lipinski definition) is 2. The summed E-state index contributed by atoms with van der Waals surface area (Å²) in [6.45, 7) is 8.27. The SMILES string of the molecule is C=CCNC(=O)c1cnc(Nc2ccc(C(C)C)cc2)nc1. The summed E-state index contributed by atoms with van der Waals surface area (Å²) < 4.78 is 0. The minimum atomic E-state index is -0.215. The fourth-order valence-corrected chi connectivity index (χ4v) is 1.86. The molecule has 1 amide bonds. The molecule has 22 heavy (non-hydrogen) atoms. The summed E-state index contributed by atoms with van der Waals surface area (Å²) in [6, 6.07) is 8.13. The van der Waals surface area contributed by atoms with Crippen molar-refractivity contribution < 1.29 is 4.79 Å². The molecule has 0 aliphatic carbocycles. The van der Waals surface area contributed by atoms with Gasteiger partial charge in [0.2, 0.25) is 5.95 Å². The second-order valence-electron chi connectivity index (χ2n) is 5.20. The minimum absolute atomic E-state index is 0.215. The van der Waals surface area contributed by atoms with E-state index >= 15 is 0 Å². The van der Waals surface area contributed by atoms with E-state index in [4.69, 9.17) is 0 Å². The highest BCUT2D eigenvalue weighted by atomic mass is 16.1. The Hall–Kier alpha value is -2.69. The fraction of sp³-hybridized carbons (Fsp3) is 0.235. The molecule has 0 bridgehead atoms. The number of hydrogen-bond acceptors (Lipinski definition) is 4. The van der Waals surface area contributed by atoms with Gasteiger partial charge in [0.1, 0.15) is 0 Å². The quantitative estimate of drug-likeness (QED) is 0.803. The molecule has 0 spiro atoms. The molecule has 0 radical (unpaired) electrons. The molecule has 2 aromatic rings. The van der Waals surface area contributed by atoms with Crippen LogP contribution in [0, 0.1) is 0 Å². The lowest BCUT2D eigenvalue weighted by Crippen LogP contribution is -2.23. The van der Waals surface area contributed by atoms with Gasteiger partial charge in [0.05, 0.1) is 5.56 Å². The molecule has 0 aliphatic rings. The van der Waals surface area contributed by atoms with Crippen LogP contribution in [0.5, 0.6) is 0 Å². The molecule has 1 aromatic heterocycles. The molecule has 2 rings (SSSR count). The smallest absolute Gasteiger partial charge is 0.254 e. The zero-order valence-electron chi connectivity index (χ0n) is 12.8. The Morgan fingerprint density at radius 2 is 1.86 bits per heavy atom. The molecule has 2 N–H and O–H groups in total. The summed E-state index contributed by atoms with van der Waals surface area (Å²) in [4.78, 5) is 20.0. The predicted octanol–water partition coefficient (Wildman–Crippen LogP) is 3.26. The topological polar surface area (TPSA) is 66.9 Å². The average Bonchev–Trinajstić information content (AvgIpc) is 2.54. The summed E-state index contributed by atoms with van der Waals surface area (Å²) in [5.41, 5.74) is 2.61. The fourth-order valence-electron chi connectivity index (χ4n) is 1.86. The highest BCUT2D eigenvalue weighted by Gasteiger charge is 2.06. The van der Waals surface area contributed by atoms with E-state index in [1.807, 2.05) is 12.1 Å². The van der Waals surface area contributed by atoms with Crippen LogP contribution in [-0.2, 0) is 0 Å². The molecule has 5 nitrogen and oxygen atoms in total. The Bertz CT molecular complexity index is 633. The van der Waals surface area contributed by atoms with E-state index in [1.165, 1.54) is 18.0 Å². The predicted molar refractivity (Wildman–Crippen MR) is 88.4 cm³/mol. The van der Waals surface area contributed by atoms with Crippen molar-refractivity contribution in [2.75, 3.05) is 11.9 Å². The molecule has 0 atom stereocenters. The van der Waals surface area contributed by atoms with Gasteiger partial charge in [-0.1, -0.05) is 32.1 Å². The molecule has 114 valence electrons. The van der Waals surface area contributed by atoms with Crippen LogP contribution in [0.1, 0.15) is 35.7 Å². The Morgan fingerprint density at radius 1 is 1.23 bits per heavy atom. The van der Waals surface area contributed by atoms with Crippen LogP contribution in [0.25, 0.3) is 0 Å². The van der Waals surface area contributed by atoms with Gasteiger partial charge in [-0.2, -0.15) is 0 Å². The summed E-state index contributed by atoms with van der Waals surface area (Å²) in [6.07, 6.45) is 4.61. The molecule has 5 heteroatoms. The third-order valence-electron chi connectivity index (χ3n) is 3.15. The molecule has 1 heterocycles. The first-order valence-corrected chi connectivity index (χ1v) is 7.18. The summed E-state index contributed by atoms with van der Waals surface area (Å²) in [5, 5.41) is 5.79. The van der Waals surface area contributed by atoms with E-state index in [9.17, 15) is 4.79 Å². The van der Waals surface area contributed by atoms with Crippen molar-refractivity contribution in [3.63, 3.8) is 0 Å². The standard InChI is InChI=1S/C17H20N4O/c1-4-9-18-16(22)14-10-19-17(20-11-14)21-15-7-5-13(6-8-15)12(2)3/h4-8,10-12H,1,9H2,2-3H3,(H,18,22)(H,19,20,21). The lowest BCUT2D eigenvalue weighted by atomic mass is 10.0. The third-order valence-corrected chi connectivity index (χ3v) is 3.15. The number of anilines is 2. The zero-order chi connectivity index (χ0) is 15.9. The number of carbonyl (C=O) groups excluding carboxylic acids is 1. The monoisotopic (exact) mass is 296 g/mol. The van der Waals surface area contributed by atoms with E-state index in [0.717, 1.165) is 5.69 Å². The number of benzene rings is 1. The van der Waals surface area contributed by atoms with Crippen molar-refractivity contribution in [1.29, 1.82) is 0 Å². The normalized spacial score (nSPS) is 10.3. The Kier molecular flexibility index (Phi) is 5.25. The van der Waals surface area contributed by atoms with Gasteiger partial charge in [0, 0.05) is 24.6 Å². The van der Waals surface area contributed by atoms with Crippen LogP contribution >= 0.6 is 0 Å². The lowest BCUT2D eigenvalue weighted by molar-refractivity contribution is 0.0957. The second kappa shape index (κ2) is 7.36. The van der Waals surface area contributed by atoms with Gasteiger partial charge in [-0.25, -0.2) is 9.97 Å². The number of aromatic nitrogens is 2. The van der Waals surface area contributed by atoms with Crippen LogP contribution in [0.2, 0.25) is 0 Å². The molecular formula is C17H20N4O. The maximum atomic E-state index is 11.7. The number of nitrogens with zero attached hydrogens (tertiary/aromatic N) is 2. The van der Waals surface area contributed by atoms with Crippen molar-refractivity contribution in [3.8, 4) is 0 Å². The Morgan fingerprint density at radius 3 is 2.41 bits per heavy atom. The van der Waals surface area contributed by atoms with Gasteiger partial charge >= 0.3 is 0 Å². The summed E-state index contributed by atoms with van der Waals surface area (Å²) in [7, 11) is 0. The van der Waals surface area contributed by atoms with Crippen molar-refractivity contribution >= 4 is 17.5 Å². The van der Waals surface area contributed by atoms with Gasteiger partial charge in [0.25, 0.3) is 5.91 Å². The van der Waals surface area contributed by atoms with Crippen LogP contribution in [-0.4, -0.2) is 22.4 Å². The third kappa shape index (κ3) is 4.15. The van der Waals surface area contributed by atoms with E-state index in [0.29, 0.717) is 24.0 Å². The van der Waals surface area contributed by atoms with E-state index in [2.05, 4.69) is 53.2 Å². The number of rotatable bonds is 6. The molecule has 0 saturated heterocycles. The molecule has 0 aliphatic heterocycles. The molecule has 0 fully saturated rings. The maximum absolute atomic E-state index is 11.7. The van der Waals surface area contributed by atoms with Crippen LogP contribution in [0.4, 0.5) is 11.6 Å². The first-order valence-electron chi connectivity index (χ1n) is 7.18. The lowest BCUT2D eigenvalue weighted by Gasteiger charge is -2.08. The highest BCUT2D eigenvalue weighted by molar-refractivity contribution is 5.93. The molecule has 0 saturated carbocycles. The van der Waals surface area contributed by atoms with Crippen LogP contribution < -0.4 is 10.6 Å². The average molecular weight is 296 g/mol. The number of carbonyl (C=O) groups is 1. The van der Waals surface area contributed by atoms with Crippen LogP contribution in [0.15, 0.2) is 49.3 Å². The van der Waals surface area contributed by atoms with Crippen molar-refractivity contribution in [1.82, 2.24) is 15.3 Å². The summed E-state index contributed by atoms with van der Waals surface area (Å²) >= 11 is 0. The van der Waals surface area contributed by atoms with Crippen LogP contribution in [0.3, 0.4) is 0 Å². The Balaban J connectivity index is 2.01. The molecule has 1 aromatic carbocycles.